The number of hydrogen-bond donors (Lipinski definition) is 1. The van der Waals surface area contributed by atoms with Crippen molar-refractivity contribution in [2.75, 3.05) is 5.73 Å². The third kappa shape index (κ3) is 3.77. The zero-order chi connectivity index (χ0) is 8.85. The lowest BCUT2D eigenvalue weighted by Crippen LogP contribution is -1.84. The van der Waals surface area contributed by atoms with Crippen LogP contribution >= 0.6 is 31.9 Å². The standard InChI is InChI=1S/C6H5Br2N.C2H6/c7-4-1-2-5(8)6(9)3-4;1-2/h1-3H,9H2;1-2H3. The number of hydrogen-bond acceptors (Lipinski definition) is 1. The van der Waals surface area contributed by atoms with E-state index in [2.05, 4.69) is 31.9 Å². The molecule has 0 heterocycles. The summed E-state index contributed by atoms with van der Waals surface area (Å²) in [5, 5.41) is 0. The highest BCUT2D eigenvalue weighted by Gasteiger charge is 1.92. The van der Waals surface area contributed by atoms with Crippen LogP contribution in [-0.2, 0) is 0 Å². The molecule has 1 aromatic rings. The van der Waals surface area contributed by atoms with Crippen LogP contribution in [0.3, 0.4) is 0 Å². The molecule has 3 heteroatoms. The largest absolute Gasteiger partial charge is 0.398 e. The number of anilines is 1. The summed E-state index contributed by atoms with van der Waals surface area (Å²) in [6.07, 6.45) is 0. The van der Waals surface area contributed by atoms with Gasteiger partial charge in [-0.15, -0.1) is 0 Å². The first-order chi connectivity index (χ1) is 5.20. The van der Waals surface area contributed by atoms with E-state index >= 15 is 0 Å². The second kappa shape index (κ2) is 5.61. The summed E-state index contributed by atoms with van der Waals surface area (Å²) in [5.74, 6) is 0. The van der Waals surface area contributed by atoms with Crippen molar-refractivity contribution < 1.29 is 0 Å². The van der Waals surface area contributed by atoms with Crippen LogP contribution in [-0.4, -0.2) is 0 Å². The molecule has 1 nitrogen and oxygen atoms in total. The summed E-state index contributed by atoms with van der Waals surface area (Å²) in [5.41, 5.74) is 6.30. The first-order valence-corrected chi connectivity index (χ1v) is 4.99. The Balaban J connectivity index is 0.000000461. The molecule has 0 atom stereocenters. The summed E-state index contributed by atoms with van der Waals surface area (Å²) < 4.78 is 1.94. The second-order valence-corrected chi connectivity index (χ2v) is 3.44. The van der Waals surface area contributed by atoms with Crippen molar-refractivity contribution in [1.29, 1.82) is 0 Å². The molecule has 0 bridgehead atoms. The molecule has 0 aliphatic rings. The smallest absolute Gasteiger partial charge is 0.0469 e. The molecule has 0 unspecified atom stereocenters. The van der Waals surface area contributed by atoms with Crippen molar-refractivity contribution in [1.82, 2.24) is 0 Å². The molecule has 0 aliphatic carbocycles. The quantitative estimate of drug-likeness (QED) is 0.719. The van der Waals surface area contributed by atoms with Crippen molar-refractivity contribution in [3.63, 3.8) is 0 Å². The molecular weight excluding hydrogens is 270 g/mol. The van der Waals surface area contributed by atoms with Gasteiger partial charge >= 0.3 is 0 Å². The lowest BCUT2D eigenvalue weighted by Gasteiger charge is -1.95. The van der Waals surface area contributed by atoms with Gasteiger partial charge in [0.15, 0.2) is 0 Å². The number of benzene rings is 1. The molecule has 0 spiro atoms. The van der Waals surface area contributed by atoms with Crippen LogP contribution in [0.1, 0.15) is 13.8 Å². The highest BCUT2D eigenvalue weighted by Crippen LogP contribution is 2.22. The van der Waals surface area contributed by atoms with Gasteiger partial charge in [-0.05, 0) is 34.1 Å². The van der Waals surface area contributed by atoms with Gasteiger partial charge in [-0.25, -0.2) is 0 Å². The molecule has 62 valence electrons. The minimum Gasteiger partial charge on any atom is -0.398 e. The van der Waals surface area contributed by atoms with E-state index in [1.165, 1.54) is 0 Å². The van der Waals surface area contributed by atoms with Crippen LogP contribution < -0.4 is 5.73 Å². The van der Waals surface area contributed by atoms with Crippen LogP contribution in [0.15, 0.2) is 27.1 Å². The molecule has 1 aromatic carbocycles. The van der Waals surface area contributed by atoms with Gasteiger partial charge < -0.3 is 5.73 Å². The molecule has 11 heavy (non-hydrogen) atoms. The molecule has 0 fully saturated rings. The van der Waals surface area contributed by atoms with E-state index in [1.54, 1.807) is 0 Å². The summed E-state index contributed by atoms with van der Waals surface area (Å²) in [6, 6.07) is 5.68. The predicted octanol–water partition coefficient (Wildman–Crippen LogP) is 3.82. The average molecular weight is 281 g/mol. The van der Waals surface area contributed by atoms with E-state index in [0.717, 1.165) is 14.6 Å². The van der Waals surface area contributed by atoms with Crippen LogP contribution in [0.25, 0.3) is 0 Å². The minimum absolute atomic E-state index is 0.754. The zero-order valence-corrected chi connectivity index (χ0v) is 9.74. The van der Waals surface area contributed by atoms with E-state index < -0.39 is 0 Å². The maximum atomic E-state index is 5.54. The van der Waals surface area contributed by atoms with Crippen LogP contribution in [0.5, 0.6) is 0 Å². The number of nitrogen functional groups attached to an aromatic ring is 1. The molecule has 2 N–H and O–H groups in total. The van der Waals surface area contributed by atoms with E-state index in [-0.39, 0.29) is 0 Å². The summed E-state index contributed by atoms with van der Waals surface area (Å²) >= 11 is 6.58. The topological polar surface area (TPSA) is 26.0 Å². The number of halogens is 2. The number of rotatable bonds is 0. The maximum Gasteiger partial charge on any atom is 0.0469 e. The van der Waals surface area contributed by atoms with Crippen molar-refractivity contribution in [2.24, 2.45) is 0 Å². The van der Waals surface area contributed by atoms with Gasteiger partial charge in [-0.1, -0.05) is 29.8 Å². The van der Waals surface area contributed by atoms with Gasteiger partial charge in [-0.2, -0.15) is 0 Å². The van der Waals surface area contributed by atoms with Gasteiger partial charge in [-0.3, -0.25) is 0 Å². The number of nitrogens with two attached hydrogens (primary N) is 1. The fourth-order valence-electron chi connectivity index (χ4n) is 0.515. The fourth-order valence-corrected chi connectivity index (χ4v) is 1.14. The zero-order valence-electron chi connectivity index (χ0n) is 6.57. The van der Waals surface area contributed by atoms with Gasteiger partial charge in [0.2, 0.25) is 0 Å². The normalized spacial score (nSPS) is 8.36. The lowest BCUT2D eigenvalue weighted by atomic mass is 10.3. The molecule has 0 saturated heterocycles. The van der Waals surface area contributed by atoms with E-state index in [0.29, 0.717) is 0 Å². The molecule has 0 saturated carbocycles. The second-order valence-electron chi connectivity index (χ2n) is 1.67. The Labute approximate surface area is 84.2 Å². The van der Waals surface area contributed by atoms with Crippen molar-refractivity contribution >= 4 is 37.5 Å². The van der Waals surface area contributed by atoms with Gasteiger partial charge in [0.25, 0.3) is 0 Å². The fraction of sp³-hybridized carbons (Fsp3) is 0.250. The van der Waals surface area contributed by atoms with Crippen molar-refractivity contribution in [2.45, 2.75) is 13.8 Å². The van der Waals surface area contributed by atoms with Crippen molar-refractivity contribution in [3.05, 3.63) is 27.1 Å². The molecule has 0 amide bonds. The Hall–Kier alpha value is -0.0200. The van der Waals surface area contributed by atoms with Crippen molar-refractivity contribution in [3.8, 4) is 0 Å². The van der Waals surface area contributed by atoms with Crippen LogP contribution in [0.4, 0.5) is 5.69 Å². The first kappa shape index (κ1) is 11.0. The van der Waals surface area contributed by atoms with E-state index in [4.69, 9.17) is 5.73 Å². The maximum absolute atomic E-state index is 5.54. The summed E-state index contributed by atoms with van der Waals surface area (Å²) in [7, 11) is 0. The summed E-state index contributed by atoms with van der Waals surface area (Å²) in [4.78, 5) is 0. The SMILES string of the molecule is CC.Nc1cc(Br)ccc1Br. The molecular formula is C8H11Br2N. The third-order valence-electron chi connectivity index (χ3n) is 0.958. The predicted molar refractivity (Wildman–Crippen MR) is 57.6 cm³/mol. The lowest BCUT2D eigenvalue weighted by molar-refractivity contribution is 1.50. The molecule has 0 radical (unpaired) electrons. The molecule has 0 aliphatic heterocycles. The van der Waals surface area contributed by atoms with Gasteiger partial charge in [0, 0.05) is 14.6 Å². The monoisotopic (exact) mass is 279 g/mol. The summed E-state index contributed by atoms with van der Waals surface area (Å²) in [6.45, 7) is 4.00. The Bertz CT molecular complexity index is 223. The van der Waals surface area contributed by atoms with Crippen LogP contribution in [0, 0.1) is 0 Å². The van der Waals surface area contributed by atoms with Crippen LogP contribution in [0.2, 0.25) is 0 Å². The Kier molecular flexibility index (Phi) is 5.60. The van der Waals surface area contributed by atoms with Gasteiger partial charge in [0.05, 0.1) is 0 Å². The Morgan fingerprint density at radius 3 is 2.09 bits per heavy atom. The highest BCUT2D eigenvalue weighted by atomic mass is 79.9. The highest BCUT2D eigenvalue weighted by molar-refractivity contribution is 9.11. The third-order valence-corrected chi connectivity index (χ3v) is 2.17. The van der Waals surface area contributed by atoms with E-state index in [9.17, 15) is 0 Å². The van der Waals surface area contributed by atoms with E-state index in [1.807, 2.05) is 32.0 Å². The molecule has 0 aromatic heterocycles. The Morgan fingerprint density at radius 1 is 1.18 bits per heavy atom. The Morgan fingerprint density at radius 2 is 1.73 bits per heavy atom. The average Bonchev–Trinajstić information content (AvgIpc) is 2.02. The molecule has 1 rings (SSSR count). The first-order valence-electron chi connectivity index (χ1n) is 3.40. The van der Waals surface area contributed by atoms with Gasteiger partial charge in [0.1, 0.15) is 0 Å². The minimum atomic E-state index is 0.754.